The summed E-state index contributed by atoms with van der Waals surface area (Å²) < 4.78 is 0. The molecule has 0 aromatic carbocycles. The average Bonchev–Trinajstić information content (AvgIpc) is 2.18. The lowest BCUT2D eigenvalue weighted by molar-refractivity contribution is -0.118. The molecule has 0 saturated carbocycles. The van der Waals surface area contributed by atoms with Crippen LogP contribution in [0, 0.1) is 5.41 Å². The summed E-state index contributed by atoms with van der Waals surface area (Å²) in [6.07, 6.45) is 1.24. The highest BCUT2D eigenvalue weighted by atomic mass is 35.5. The molecule has 0 amide bonds. The first kappa shape index (κ1) is 17.0. The molecule has 0 aromatic rings. The summed E-state index contributed by atoms with van der Waals surface area (Å²) in [6, 6.07) is 0. The fourth-order valence-corrected chi connectivity index (χ4v) is 2.46. The molecule has 0 aliphatic rings. The molecule has 0 heterocycles. The number of carbonyl (C=O) groups is 1. The van der Waals surface area contributed by atoms with Crippen molar-refractivity contribution in [3.05, 3.63) is 11.8 Å². The number of allylic oxidation sites excluding steroid dienone is 2. The van der Waals surface area contributed by atoms with Crippen molar-refractivity contribution in [2.45, 2.75) is 25.9 Å². The summed E-state index contributed by atoms with van der Waals surface area (Å²) in [5.41, 5.74) is 4.22. The molecule has 0 radical (unpaired) electrons. The number of halogens is 3. The maximum atomic E-state index is 11.6. The van der Waals surface area contributed by atoms with Gasteiger partial charge in [0.05, 0.1) is 11.0 Å². The molecule has 100 valence electrons. The van der Waals surface area contributed by atoms with E-state index in [0.29, 0.717) is 0 Å². The first-order chi connectivity index (χ1) is 7.70. The Labute approximate surface area is 117 Å². The molecule has 0 bridgehead atoms. The second kappa shape index (κ2) is 6.83. The van der Waals surface area contributed by atoms with Gasteiger partial charge in [-0.25, -0.2) is 0 Å². The van der Waals surface area contributed by atoms with Gasteiger partial charge in [0.1, 0.15) is 0 Å². The van der Waals surface area contributed by atoms with Gasteiger partial charge in [0, 0.05) is 35.8 Å². The lowest BCUT2D eigenvalue weighted by Crippen LogP contribution is -2.35. The molecule has 0 aliphatic carbocycles. The number of hydrogen-bond acceptors (Lipinski definition) is 3. The van der Waals surface area contributed by atoms with Crippen LogP contribution in [0.15, 0.2) is 11.8 Å². The zero-order valence-corrected chi connectivity index (χ0v) is 12.2. The molecule has 6 heteroatoms. The third kappa shape index (κ3) is 5.47. The molecule has 0 atom stereocenters. The van der Waals surface area contributed by atoms with E-state index in [0.717, 1.165) is 0 Å². The first-order valence-corrected chi connectivity index (χ1v) is 6.72. The van der Waals surface area contributed by atoms with E-state index in [1.807, 2.05) is 0 Å². The molecule has 3 N–H and O–H groups in total. The van der Waals surface area contributed by atoms with Crippen molar-refractivity contribution in [2.75, 3.05) is 17.6 Å². The Morgan fingerprint density at radius 1 is 1.24 bits per heavy atom. The van der Waals surface area contributed by atoms with Crippen molar-refractivity contribution >= 4 is 40.6 Å². The van der Waals surface area contributed by atoms with Crippen LogP contribution in [0.3, 0.4) is 0 Å². The predicted octanol–water partition coefficient (Wildman–Crippen LogP) is 2.26. The zero-order valence-electron chi connectivity index (χ0n) is 9.97. The van der Waals surface area contributed by atoms with Gasteiger partial charge in [-0.1, -0.05) is 0 Å². The van der Waals surface area contributed by atoms with Gasteiger partial charge >= 0.3 is 0 Å². The van der Waals surface area contributed by atoms with Crippen LogP contribution in [0.5, 0.6) is 0 Å². The number of rotatable bonds is 7. The van der Waals surface area contributed by atoms with Gasteiger partial charge in [0.2, 0.25) is 0 Å². The summed E-state index contributed by atoms with van der Waals surface area (Å²) in [4.78, 5) is 11.6. The second-order valence-electron chi connectivity index (χ2n) is 4.74. The van der Waals surface area contributed by atoms with Gasteiger partial charge in [0.25, 0.3) is 0 Å². The lowest BCUT2D eigenvalue weighted by atomic mass is 9.89. The Bertz CT molecular complexity index is 285. The van der Waals surface area contributed by atoms with Gasteiger partial charge in [-0.15, -0.1) is 34.8 Å². The minimum Gasteiger partial charge on any atom is -0.401 e. The van der Waals surface area contributed by atoms with Crippen molar-refractivity contribution in [2.24, 2.45) is 11.1 Å². The minimum absolute atomic E-state index is 0.0172. The summed E-state index contributed by atoms with van der Waals surface area (Å²) in [5, 5.41) is 9.51. The average molecular weight is 303 g/mol. The molecule has 0 fully saturated rings. The Morgan fingerprint density at radius 3 is 1.94 bits per heavy atom. The summed E-state index contributed by atoms with van der Waals surface area (Å²) in [5.74, 6) is 0.133. The molecule has 0 aromatic heterocycles. The maximum absolute atomic E-state index is 11.6. The smallest absolute Gasteiger partial charge is 0.160 e. The highest BCUT2D eigenvalue weighted by molar-refractivity contribution is 6.24. The van der Waals surface area contributed by atoms with Crippen molar-refractivity contribution in [3.63, 3.8) is 0 Å². The second-order valence-corrected chi connectivity index (χ2v) is 5.54. The number of carbonyl (C=O) groups excluding carboxylic acids is 1. The van der Waals surface area contributed by atoms with Crippen molar-refractivity contribution in [1.82, 2.24) is 0 Å². The predicted molar refractivity (Wildman–Crippen MR) is 72.8 cm³/mol. The zero-order chi connectivity index (χ0) is 13.7. The Morgan fingerprint density at radius 2 is 1.65 bits per heavy atom. The Hall–Kier alpha value is 0.0400. The van der Waals surface area contributed by atoms with Crippen molar-refractivity contribution in [1.29, 1.82) is 0 Å². The van der Waals surface area contributed by atoms with Crippen LogP contribution in [-0.4, -0.2) is 34.1 Å². The molecule has 0 spiro atoms. The molecule has 0 aliphatic heterocycles. The third-order valence-electron chi connectivity index (χ3n) is 2.30. The van der Waals surface area contributed by atoms with E-state index in [4.69, 9.17) is 40.5 Å². The van der Waals surface area contributed by atoms with E-state index in [9.17, 15) is 9.90 Å². The molecule has 17 heavy (non-hydrogen) atoms. The molecule has 0 saturated heterocycles. The van der Waals surface area contributed by atoms with E-state index in [-0.39, 0.29) is 35.5 Å². The topological polar surface area (TPSA) is 63.3 Å². The van der Waals surface area contributed by atoms with Crippen LogP contribution in [0.1, 0.15) is 20.3 Å². The molecular weight excluding hydrogens is 284 g/mol. The SMILES string of the molecule is CC(C)(O)CC(=O)C=C(N)C(CCl)(CCl)CCl. The molecular formula is C11H18Cl3NO2. The fraction of sp³-hybridized carbons (Fsp3) is 0.727. The van der Waals surface area contributed by atoms with Gasteiger partial charge in [-0.2, -0.15) is 0 Å². The fourth-order valence-electron chi connectivity index (χ4n) is 1.14. The minimum atomic E-state index is -1.07. The lowest BCUT2D eigenvalue weighted by Gasteiger charge is -2.27. The number of hydrogen-bond donors (Lipinski definition) is 2. The van der Waals surface area contributed by atoms with Gasteiger partial charge in [0.15, 0.2) is 5.78 Å². The van der Waals surface area contributed by atoms with Crippen LogP contribution < -0.4 is 5.73 Å². The largest absolute Gasteiger partial charge is 0.401 e. The number of ketones is 1. The van der Waals surface area contributed by atoms with Crippen LogP contribution in [0.4, 0.5) is 0 Å². The highest BCUT2D eigenvalue weighted by Crippen LogP contribution is 2.29. The van der Waals surface area contributed by atoms with Crippen LogP contribution >= 0.6 is 34.8 Å². The van der Waals surface area contributed by atoms with Gasteiger partial charge in [-0.3, -0.25) is 4.79 Å². The van der Waals surface area contributed by atoms with E-state index < -0.39 is 11.0 Å². The number of nitrogens with two attached hydrogens (primary N) is 1. The van der Waals surface area contributed by atoms with Gasteiger partial charge < -0.3 is 10.8 Å². The van der Waals surface area contributed by atoms with E-state index in [1.165, 1.54) is 6.08 Å². The molecule has 3 nitrogen and oxygen atoms in total. The van der Waals surface area contributed by atoms with Crippen molar-refractivity contribution < 1.29 is 9.90 Å². The quantitative estimate of drug-likeness (QED) is 0.560. The molecule has 0 unspecified atom stereocenters. The summed E-state index contributed by atoms with van der Waals surface area (Å²) in [7, 11) is 0. The number of aliphatic hydroxyl groups is 1. The monoisotopic (exact) mass is 301 g/mol. The van der Waals surface area contributed by atoms with E-state index in [2.05, 4.69) is 0 Å². The molecule has 0 rings (SSSR count). The third-order valence-corrected chi connectivity index (χ3v) is 3.84. The van der Waals surface area contributed by atoms with E-state index in [1.54, 1.807) is 13.8 Å². The summed E-state index contributed by atoms with van der Waals surface area (Å²) >= 11 is 17.4. The van der Waals surface area contributed by atoms with Crippen LogP contribution in [0.2, 0.25) is 0 Å². The Balaban J connectivity index is 4.89. The first-order valence-electron chi connectivity index (χ1n) is 5.11. The van der Waals surface area contributed by atoms with E-state index >= 15 is 0 Å². The van der Waals surface area contributed by atoms with Crippen molar-refractivity contribution in [3.8, 4) is 0 Å². The van der Waals surface area contributed by atoms with Crippen LogP contribution in [0.25, 0.3) is 0 Å². The summed E-state index contributed by atoms with van der Waals surface area (Å²) in [6.45, 7) is 3.10. The standard InChI is InChI=1S/C11H18Cl3NO2/c1-10(2,17)4-8(16)3-9(15)11(5-12,6-13)7-14/h3,17H,4-7,15H2,1-2H3. The normalized spacial score (nSPS) is 13.9. The number of alkyl halides is 3. The highest BCUT2D eigenvalue weighted by Gasteiger charge is 2.31. The maximum Gasteiger partial charge on any atom is 0.160 e. The Kier molecular flexibility index (Phi) is 6.85. The van der Waals surface area contributed by atoms with Gasteiger partial charge in [-0.05, 0) is 13.8 Å². The van der Waals surface area contributed by atoms with Crippen LogP contribution in [-0.2, 0) is 4.79 Å².